The van der Waals surface area contributed by atoms with Crippen LogP contribution in [-0.4, -0.2) is 12.5 Å². The minimum Gasteiger partial charge on any atom is -0.483 e. The highest BCUT2D eigenvalue weighted by Crippen LogP contribution is 2.23. The summed E-state index contributed by atoms with van der Waals surface area (Å²) in [5.74, 6) is 0.433. The standard InChI is InChI=1S/C15H13BrClNO2/c1-10-8-11(16)6-7-14(10)20-9-15(19)18-13-5-3-2-4-12(13)17/h2-8H,9H2,1H3,(H,18,19). The molecule has 0 heterocycles. The van der Waals surface area contributed by atoms with Gasteiger partial charge in [0.2, 0.25) is 0 Å². The zero-order valence-corrected chi connectivity index (χ0v) is 13.2. The molecule has 0 aliphatic rings. The Morgan fingerprint density at radius 3 is 2.75 bits per heavy atom. The third-order valence-corrected chi connectivity index (χ3v) is 3.47. The molecule has 0 atom stereocenters. The number of para-hydroxylation sites is 1. The molecule has 0 bridgehead atoms. The first-order chi connectivity index (χ1) is 9.56. The van der Waals surface area contributed by atoms with Crippen molar-refractivity contribution in [2.24, 2.45) is 0 Å². The minimum atomic E-state index is -0.250. The van der Waals surface area contributed by atoms with Gasteiger partial charge in [-0.3, -0.25) is 4.79 Å². The Morgan fingerprint density at radius 2 is 2.05 bits per heavy atom. The second kappa shape index (κ2) is 6.77. The average Bonchev–Trinajstić information content (AvgIpc) is 2.40. The van der Waals surface area contributed by atoms with Crippen LogP contribution in [0.2, 0.25) is 5.02 Å². The quantitative estimate of drug-likeness (QED) is 0.882. The van der Waals surface area contributed by atoms with Crippen molar-refractivity contribution in [2.45, 2.75) is 6.92 Å². The molecule has 2 aromatic rings. The second-order valence-corrected chi connectivity index (χ2v) is 5.55. The van der Waals surface area contributed by atoms with Crippen LogP contribution >= 0.6 is 27.5 Å². The smallest absolute Gasteiger partial charge is 0.262 e. The number of hydrogen-bond acceptors (Lipinski definition) is 2. The van der Waals surface area contributed by atoms with Gasteiger partial charge >= 0.3 is 0 Å². The number of hydrogen-bond donors (Lipinski definition) is 1. The van der Waals surface area contributed by atoms with Crippen molar-refractivity contribution in [3.63, 3.8) is 0 Å². The normalized spacial score (nSPS) is 10.2. The van der Waals surface area contributed by atoms with Crippen molar-refractivity contribution < 1.29 is 9.53 Å². The van der Waals surface area contributed by atoms with Gasteiger partial charge in [0, 0.05) is 4.47 Å². The van der Waals surface area contributed by atoms with Gasteiger partial charge in [0.1, 0.15) is 5.75 Å². The van der Waals surface area contributed by atoms with Gasteiger partial charge in [0.15, 0.2) is 6.61 Å². The van der Waals surface area contributed by atoms with Gasteiger partial charge in [-0.05, 0) is 42.8 Å². The molecule has 0 saturated carbocycles. The molecule has 2 aromatic carbocycles. The van der Waals surface area contributed by atoms with E-state index in [2.05, 4.69) is 21.2 Å². The molecule has 3 nitrogen and oxygen atoms in total. The van der Waals surface area contributed by atoms with Crippen molar-refractivity contribution in [1.29, 1.82) is 0 Å². The van der Waals surface area contributed by atoms with Crippen molar-refractivity contribution in [3.05, 3.63) is 57.5 Å². The van der Waals surface area contributed by atoms with E-state index >= 15 is 0 Å². The fraction of sp³-hybridized carbons (Fsp3) is 0.133. The topological polar surface area (TPSA) is 38.3 Å². The van der Waals surface area contributed by atoms with Crippen molar-refractivity contribution >= 4 is 39.1 Å². The Kier molecular flexibility index (Phi) is 5.04. The highest BCUT2D eigenvalue weighted by molar-refractivity contribution is 9.10. The van der Waals surface area contributed by atoms with E-state index in [1.54, 1.807) is 24.3 Å². The van der Waals surface area contributed by atoms with Gasteiger partial charge in [-0.15, -0.1) is 0 Å². The lowest BCUT2D eigenvalue weighted by Gasteiger charge is -2.10. The van der Waals surface area contributed by atoms with Gasteiger partial charge in [-0.1, -0.05) is 39.7 Å². The van der Waals surface area contributed by atoms with E-state index in [0.29, 0.717) is 16.5 Å². The molecule has 0 aliphatic heterocycles. The molecule has 1 amide bonds. The van der Waals surface area contributed by atoms with E-state index in [-0.39, 0.29) is 12.5 Å². The fourth-order valence-corrected chi connectivity index (χ4v) is 2.33. The number of carbonyl (C=O) groups is 1. The number of anilines is 1. The maximum Gasteiger partial charge on any atom is 0.262 e. The summed E-state index contributed by atoms with van der Waals surface area (Å²) in [5.41, 5.74) is 1.54. The predicted octanol–water partition coefficient (Wildman–Crippen LogP) is 4.43. The molecule has 0 saturated heterocycles. The van der Waals surface area contributed by atoms with Gasteiger partial charge in [-0.25, -0.2) is 0 Å². The Hall–Kier alpha value is -1.52. The molecule has 1 N–H and O–H groups in total. The summed E-state index contributed by atoms with van der Waals surface area (Å²) in [6.07, 6.45) is 0. The first-order valence-corrected chi connectivity index (χ1v) is 7.16. The SMILES string of the molecule is Cc1cc(Br)ccc1OCC(=O)Nc1ccccc1Cl. The number of amides is 1. The molecule has 20 heavy (non-hydrogen) atoms. The van der Waals surface area contributed by atoms with E-state index < -0.39 is 0 Å². The van der Waals surface area contributed by atoms with E-state index in [9.17, 15) is 4.79 Å². The summed E-state index contributed by atoms with van der Waals surface area (Å²) < 4.78 is 6.46. The van der Waals surface area contributed by atoms with Crippen LogP contribution in [-0.2, 0) is 4.79 Å². The molecule has 0 fully saturated rings. The molecule has 104 valence electrons. The number of benzene rings is 2. The Balaban J connectivity index is 1.94. The number of nitrogens with one attached hydrogen (secondary N) is 1. The predicted molar refractivity (Wildman–Crippen MR) is 84.5 cm³/mol. The van der Waals surface area contributed by atoms with Crippen LogP contribution in [0.1, 0.15) is 5.56 Å². The van der Waals surface area contributed by atoms with Gasteiger partial charge < -0.3 is 10.1 Å². The number of aryl methyl sites for hydroxylation is 1. The molecule has 0 spiro atoms. The zero-order valence-electron chi connectivity index (χ0n) is 10.8. The number of ether oxygens (including phenoxy) is 1. The third kappa shape index (κ3) is 3.99. The Bertz CT molecular complexity index is 631. The van der Waals surface area contributed by atoms with E-state index in [0.717, 1.165) is 10.0 Å². The summed E-state index contributed by atoms with van der Waals surface area (Å²) in [6.45, 7) is 1.86. The lowest BCUT2D eigenvalue weighted by Crippen LogP contribution is -2.20. The Morgan fingerprint density at radius 1 is 1.30 bits per heavy atom. The average molecular weight is 355 g/mol. The van der Waals surface area contributed by atoms with Crippen LogP contribution < -0.4 is 10.1 Å². The monoisotopic (exact) mass is 353 g/mol. The Labute approximate surface area is 131 Å². The van der Waals surface area contributed by atoms with Crippen molar-refractivity contribution in [1.82, 2.24) is 0 Å². The lowest BCUT2D eigenvalue weighted by molar-refractivity contribution is -0.118. The number of rotatable bonds is 4. The van der Waals surface area contributed by atoms with Crippen molar-refractivity contribution in [2.75, 3.05) is 11.9 Å². The lowest BCUT2D eigenvalue weighted by atomic mass is 10.2. The summed E-state index contributed by atoms with van der Waals surface area (Å²) in [7, 11) is 0. The van der Waals surface area contributed by atoms with Gasteiger partial charge in [-0.2, -0.15) is 0 Å². The zero-order chi connectivity index (χ0) is 14.5. The fourth-order valence-electron chi connectivity index (χ4n) is 1.67. The van der Waals surface area contributed by atoms with Crippen LogP contribution in [0.3, 0.4) is 0 Å². The van der Waals surface area contributed by atoms with Crippen LogP contribution in [0.5, 0.6) is 5.75 Å². The summed E-state index contributed by atoms with van der Waals surface area (Å²) in [4.78, 5) is 11.8. The first kappa shape index (κ1) is 14.9. The third-order valence-electron chi connectivity index (χ3n) is 2.64. The number of carbonyl (C=O) groups excluding carboxylic acids is 1. The van der Waals surface area contributed by atoms with E-state index in [4.69, 9.17) is 16.3 Å². The van der Waals surface area contributed by atoms with Crippen LogP contribution in [0.25, 0.3) is 0 Å². The van der Waals surface area contributed by atoms with E-state index in [1.807, 2.05) is 25.1 Å². The molecular formula is C15H13BrClNO2. The summed E-state index contributed by atoms with van der Waals surface area (Å²) >= 11 is 9.35. The molecule has 2 rings (SSSR count). The molecule has 0 unspecified atom stereocenters. The van der Waals surface area contributed by atoms with Crippen LogP contribution in [0.4, 0.5) is 5.69 Å². The van der Waals surface area contributed by atoms with Gasteiger partial charge in [0.25, 0.3) is 5.91 Å². The maximum absolute atomic E-state index is 11.8. The molecule has 5 heteroatoms. The second-order valence-electron chi connectivity index (χ2n) is 4.23. The molecular weight excluding hydrogens is 342 g/mol. The van der Waals surface area contributed by atoms with Crippen LogP contribution in [0, 0.1) is 6.92 Å². The first-order valence-electron chi connectivity index (χ1n) is 5.99. The molecule has 0 aliphatic carbocycles. The molecule has 0 radical (unpaired) electrons. The maximum atomic E-state index is 11.8. The number of halogens is 2. The highest BCUT2D eigenvalue weighted by atomic mass is 79.9. The summed E-state index contributed by atoms with van der Waals surface area (Å²) in [5, 5.41) is 3.21. The van der Waals surface area contributed by atoms with Crippen LogP contribution in [0.15, 0.2) is 46.9 Å². The van der Waals surface area contributed by atoms with Crippen molar-refractivity contribution in [3.8, 4) is 5.75 Å². The minimum absolute atomic E-state index is 0.0618. The molecule has 0 aromatic heterocycles. The largest absolute Gasteiger partial charge is 0.483 e. The summed E-state index contributed by atoms with van der Waals surface area (Å²) in [6, 6.07) is 12.7. The highest BCUT2D eigenvalue weighted by Gasteiger charge is 2.07. The van der Waals surface area contributed by atoms with Gasteiger partial charge in [0.05, 0.1) is 10.7 Å². The van der Waals surface area contributed by atoms with E-state index in [1.165, 1.54) is 0 Å².